The first-order valence-corrected chi connectivity index (χ1v) is 9.17. The molecule has 0 radical (unpaired) electrons. The van der Waals surface area contributed by atoms with Gasteiger partial charge in [0.1, 0.15) is 0 Å². The van der Waals surface area contributed by atoms with Crippen molar-refractivity contribution in [3.63, 3.8) is 0 Å². The second kappa shape index (κ2) is 8.08. The summed E-state index contributed by atoms with van der Waals surface area (Å²) in [6.07, 6.45) is 0.736. The van der Waals surface area contributed by atoms with Gasteiger partial charge in [-0.25, -0.2) is 4.90 Å². The Morgan fingerprint density at radius 3 is 2.38 bits per heavy atom. The zero-order chi connectivity index (χ0) is 18.7. The molecule has 1 heterocycles. The summed E-state index contributed by atoms with van der Waals surface area (Å²) in [6.45, 7) is 2.22. The Bertz CT molecular complexity index is 846. The number of imide groups is 1. The number of nitrogens with zero attached hydrogens (tertiary/aromatic N) is 1. The van der Waals surface area contributed by atoms with E-state index in [1.54, 1.807) is 42.5 Å². The van der Waals surface area contributed by atoms with Gasteiger partial charge in [0.2, 0.25) is 0 Å². The van der Waals surface area contributed by atoms with E-state index in [1.807, 2.05) is 19.1 Å². The zero-order valence-electron chi connectivity index (χ0n) is 14.2. The fourth-order valence-corrected chi connectivity index (χ4v) is 2.97. The number of aryl methyl sites for hydroxylation is 1. The quantitative estimate of drug-likeness (QED) is 0.480. The van der Waals surface area contributed by atoms with Crippen molar-refractivity contribution in [1.29, 1.82) is 0 Å². The van der Waals surface area contributed by atoms with Crippen LogP contribution in [0.2, 0.25) is 5.02 Å². The van der Waals surface area contributed by atoms with Crippen LogP contribution in [-0.4, -0.2) is 30.3 Å². The maximum absolute atomic E-state index is 13.0. The average molecular weight is 388 g/mol. The molecule has 2 aromatic rings. The van der Waals surface area contributed by atoms with Gasteiger partial charge >= 0.3 is 0 Å². The van der Waals surface area contributed by atoms with Gasteiger partial charge in [-0.05, 0) is 42.8 Å². The van der Waals surface area contributed by atoms with Crippen LogP contribution in [0.1, 0.15) is 11.1 Å². The molecule has 1 fully saturated rings. The standard InChI is InChI=1S/C20H18ClNO3S/c1-13-2-8-16(9-3-13)22-19(23)17(18(20(22)24)25-10-11-26)12-14-4-6-15(21)7-5-14/h2-9,12,18,26H,10-11H2,1H3/b17-12+. The van der Waals surface area contributed by atoms with Gasteiger partial charge < -0.3 is 4.74 Å². The van der Waals surface area contributed by atoms with E-state index in [4.69, 9.17) is 16.3 Å². The largest absolute Gasteiger partial charge is 0.363 e. The molecule has 1 atom stereocenters. The smallest absolute Gasteiger partial charge is 0.267 e. The van der Waals surface area contributed by atoms with Crippen molar-refractivity contribution in [2.24, 2.45) is 0 Å². The van der Waals surface area contributed by atoms with Gasteiger partial charge in [-0.3, -0.25) is 9.59 Å². The Kier molecular flexibility index (Phi) is 5.81. The van der Waals surface area contributed by atoms with Crippen LogP contribution in [0.15, 0.2) is 54.1 Å². The van der Waals surface area contributed by atoms with Crippen molar-refractivity contribution in [3.8, 4) is 0 Å². The van der Waals surface area contributed by atoms with Gasteiger partial charge in [-0.2, -0.15) is 12.6 Å². The van der Waals surface area contributed by atoms with Crippen molar-refractivity contribution in [1.82, 2.24) is 0 Å². The topological polar surface area (TPSA) is 46.6 Å². The lowest BCUT2D eigenvalue weighted by Gasteiger charge is -2.14. The molecule has 1 saturated heterocycles. The van der Waals surface area contributed by atoms with Crippen molar-refractivity contribution in [3.05, 3.63) is 70.3 Å². The van der Waals surface area contributed by atoms with E-state index >= 15 is 0 Å². The van der Waals surface area contributed by atoms with E-state index in [0.717, 1.165) is 11.1 Å². The van der Waals surface area contributed by atoms with Crippen LogP contribution in [0.3, 0.4) is 0 Å². The predicted octanol–water partition coefficient (Wildman–Crippen LogP) is 3.92. The maximum atomic E-state index is 13.0. The Labute approximate surface area is 162 Å². The Balaban J connectivity index is 2.00. The third-order valence-electron chi connectivity index (χ3n) is 4.04. The lowest BCUT2D eigenvalue weighted by molar-refractivity contribution is -0.126. The first-order valence-electron chi connectivity index (χ1n) is 8.16. The molecule has 0 aliphatic carbocycles. The number of benzene rings is 2. The van der Waals surface area contributed by atoms with E-state index in [2.05, 4.69) is 12.6 Å². The van der Waals surface area contributed by atoms with E-state index in [0.29, 0.717) is 22.0 Å². The van der Waals surface area contributed by atoms with Crippen molar-refractivity contribution in [2.45, 2.75) is 13.0 Å². The minimum atomic E-state index is -0.938. The third-order valence-corrected chi connectivity index (χ3v) is 4.47. The monoisotopic (exact) mass is 387 g/mol. The van der Waals surface area contributed by atoms with E-state index in [1.165, 1.54) is 4.90 Å². The number of hydrogen-bond donors (Lipinski definition) is 1. The highest BCUT2D eigenvalue weighted by Gasteiger charge is 2.44. The first-order chi connectivity index (χ1) is 12.5. The molecule has 0 aromatic heterocycles. The summed E-state index contributed by atoms with van der Waals surface area (Å²) >= 11 is 10.0. The molecule has 1 aliphatic heterocycles. The van der Waals surface area contributed by atoms with Gasteiger partial charge in [0.15, 0.2) is 6.10 Å². The highest BCUT2D eigenvalue weighted by atomic mass is 35.5. The summed E-state index contributed by atoms with van der Waals surface area (Å²) in [6, 6.07) is 14.3. The van der Waals surface area contributed by atoms with Crippen LogP contribution < -0.4 is 4.90 Å². The highest BCUT2D eigenvalue weighted by Crippen LogP contribution is 2.30. The number of halogens is 1. The van der Waals surface area contributed by atoms with Gasteiger partial charge in [0.25, 0.3) is 11.8 Å². The van der Waals surface area contributed by atoms with Crippen LogP contribution in [-0.2, 0) is 14.3 Å². The second-order valence-corrected chi connectivity index (χ2v) is 6.82. The Hall–Kier alpha value is -2.08. The summed E-state index contributed by atoms with van der Waals surface area (Å²) < 4.78 is 5.64. The van der Waals surface area contributed by atoms with E-state index < -0.39 is 6.10 Å². The van der Waals surface area contributed by atoms with Crippen molar-refractivity contribution in [2.75, 3.05) is 17.3 Å². The molecule has 0 saturated carbocycles. The number of hydrogen-bond acceptors (Lipinski definition) is 4. The maximum Gasteiger partial charge on any atom is 0.267 e. The molecule has 0 bridgehead atoms. The fraction of sp³-hybridized carbons (Fsp3) is 0.200. The van der Waals surface area contributed by atoms with Crippen LogP contribution in [0, 0.1) is 6.92 Å². The molecule has 1 aliphatic rings. The molecule has 3 rings (SSSR count). The lowest BCUT2D eigenvalue weighted by Crippen LogP contribution is -2.33. The Morgan fingerprint density at radius 2 is 1.77 bits per heavy atom. The number of rotatable bonds is 5. The number of carbonyl (C=O) groups excluding carboxylic acids is 2. The van der Waals surface area contributed by atoms with Crippen LogP contribution in [0.4, 0.5) is 5.69 Å². The lowest BCUT2D eigenvalue weighted by atomic mass is 10.1. The number of carbonyl (C=O) groups is 2. The van der Waals surface area contributed by atoms with Crippen LogP contribution >= 0.6 is 24.2 Å². The number of amides is 2. The zero-order valence-corrected chi connectivity index (χ0v) is 15.8. The number of ether oxygens (including phenoxy) is 1. The molecular weight excluding hydrogens is 370 g/mol. The molecule has 0 spiro atoms. The normalized spacial score (nSPS) is 18.8. The number of anilines is 1. The van der Waals surface area contributed by atoms with Gasteiger partial charge in [0.05, 0.1) is 17.9 Å². The molecule has 0 N–H and O–H groups in total. The summed E-state index contributed by atoms with van der Waals surface area (Å²) in [5.41, 5.74) is 2.66. The molecule has 1 unspecified atom stereocenters. The number of thiol groups is 1. The highest BCUT2D eigenvalue weighted by molar-refractivity contribution is 7.80. The molecule has 134 valence electrons. The first kappa shape index (κ1) is 18.7. The summed E-state index contributed by atoms with van der Waals surface area (Å²) in [5, 5.41) is 0.602. The van der Waals surface area contributed by atoms with Gasteiger partial charge in [0, 0.05) is 10.8 Å². The summed E-state index contributed by atoms with van der Waals surface area (Å²) in [4.78, 5) is 27.0. The minimum absolute atomic E-state index is 0.270. The van der Waals surface area contributed by atoms with Crippen LogP contribution in [0.25, 0.3) is 6.08 Å². The average Bonchev–Trinajstić information content (AvgIpc) is 2.86. The van der Waals surface area contributed by atoms with Crippen molar-refractivity contribution >= 4 is 47.8 Å². The summed E-state index contributed by atoms with van der Waals surface area (Å²) in [7, 11) is 0. The van der Waals surface area contributed by atoms with E-state index in [9.17, 15) is 9.59 Å². The molecule has 26 heavy (non-hydrogen) atoms. The van der Waals surface area contributed by atoms with Crippen LogP contribution in [0.5, 0.6) is 0 Å². The molecule has 2 amide bonds. The third kappa shape index (κ3) is 3.85. The second-order valence-electron chi connectivity index (χ2n) is 5.94. The predicted molar refractivity (Wildman–Crippen MR) is 107 cm³/mol. The molecule has 2 aromatic carbocycles. The molecular formula is C20H18ClNO3S. The fourth-order valence-electron chi connectivity index (χ4n) is 2.74. The van der Waals surface area contributed by atoms with Gasteiger partial charge in [-0.15, -0.1) is 0 Å². The molecule has 6 heteroatoms. The van der Waals surface area contributed by atoms with E-state index in [-0.39, 0.29) is 18.4 Å². The Morgan fingerprint density at radius 1 is 1.12 bits per heavy atom. The SMILES string of the molecule is Cc1ccc(N2C(=O)/C(=C/c3ccc(Cl)cc3)C(OCCS)C2=O)cc1. The van der Waals surface area contributed by atoms with Gasteiger partial charge in [-0.1, -0.05) is 41.4 Å². The van der Waals surface area contributed by atoms with Crippen molar-refractivity contribution < 1.29 is 14.3 Å². The molecule has 4 nitrogen and oxygen atoms in total. The minimum Gasteiger partial charge on any atom is -0.363 e. The summed E-state index contributed by atoms with van der Waals surface area (Å²) in [5.74, 6) is -0.310.